The van der Waals surface area contributed by atoms with E-state index in [9.17, 15) is 13.2 Å². The van der Waals surface area contributed by atoms with Gasteiger partial charge in [0.25, 0.3) is 0 Å². The Hall–Kier alpha value is -1.51. The van der Waals surface area contributed by atoms with Gasteiger partial charge in [0, 0.05) is 18.9 Å². The summed E-state index contributed by atoms with van der Waals surface area (Å²) in [6, 6.07) is 1.41. The van der Waals surface area contributed by atoms with Crippen molar-refractivity contribution in [3.8, 4) is 0 Å². The van der Waals surface area contributed by atoms with E-state index < -0.39 is 22.0 Å². The molecule has 0 amide bonds. The molecule has 88 valence electrons. The minimum absolute atomic E-state index is 0.102. The Morgan fingerprint density at radius 3 is 2.75 bits per heavy atom. The number of nitrogens with one attached hydrogen (secondary N) is 1. The van der Waals surface area contributed by atoms with Crippen molar-refractivity contribution in [2.75, 3.05) is 6.54 Å². The summed E-state index contributed by atoms with van der Waals surface area (Å²) >= 11 is 0. The van der Waals surface area contributed by atoms with Gasteiger partial charge in [-0.2, -0.15) is 4.72 Å². The van der Waals surface area contributed by atoms with Crippen molar-refractivity contribution in [1.82, 2.24) is 9.71 Å². The number of sulfonamides is 1. The number of rotatable bonds is 5. The Morgan fingerprint density at radius 2 is 2.31 bits per heavy atom. The van der Waals surface area contributed by atoms with Crippen molar-refractivity contribution >= 4 is 16.0 Å². The van der Waals surface area contributed by atoms with Crippen LogP contribution in [0.1, 0.15) is 0 Å². The van der Waals surface area contributed by atoms with Crippen molar-refractivity contribution < 1.29 is 18.3 Å². The minimum Gasteiger partial charge on any atom is -0.480 e. The van der Waals surface area contributed by atoms with Crippen molar-refractivity contribution in [3.63, 3.8) is 0 Å². The van der Waals surface area contributed by atoms with E-state index in [1.54, 1.807) is 0 Å². The van der Waals surface area contributed by atoms with Crippen molar-refractivity contribution in [2.45, 2.75) is 10.9 Å². The van der Waals surface area contributed by atoms with Gasteiger partial charge in [-0.3, -0.25) is 9.78 Å². The van der Waals surface area contributed by atoms with Gasteiger partial charge >= 0.3 is 5.97 Å². The molecule has 0 radical (unpaired) electrons. The van der Waals surface area contributed by atoms with Crippen LogP contribution < -0.4 is 10.5 Å². The van der Waals surface area contributed by atoms with E-state index in [2.05, 4.69) is 4.98 Å². The number of carbonyl (C=O) groups is 1. The summed E-state index contributed by atoms with van der Waals surface area (Å²) in [6.45, 7) is -0.325. The molecule has 0 fully saturated rings. The molecule has 0 aromatic carbocycles. The average molecular weight is 245 g/mol. The van der Waals surface area contributed by atoms with E-state index >= 15 is 0 Å². The molecule has 0 spiro atoms. The first-order chi connectivity index (χ1) is 7.47. The Kier molecular flexibility index (Phi) is 3.93. The van der Waals surface area contributed by atoms with Gasteiger partial charge in [0.1, 0.15) is 10.9 Å². The predicted octanol–water partition coefficient (Wildman–Crippen LogP) is -1.23. The van der Waals surface area contributed by atoms with Gasteiger partial charge in [0.05, 0.1) is 0 Å². The quantitative estimate of drug-likeness (QED) is 0.597. The van der Waals surface area contributed by atoms with Gasteiger partial charge < -0.3 is 10.8 Å². The van der Waals surface area contributed by atoms with Gasteiger partial charge in [0.15, 0.2) is 0 Å². The van der Waals surface area contributed by atoms with Crippen LogP contribution in [0.25, 0.3) is 0 Å². The molecule has 0 saturated heterocycles. The Balaban J connectivity index is 2.92. The highest BCUT2D eigenvalue weighted by atomic mass is 32.2. The van der Waals surface area contributed by atoms with Gasteiger partial charge in [0.2, 0.25) is 10.0 Å². The second-order valence-corrected chi connectivity index (χ2v) is 4.65. The maximum atomic E-state index is 11.6. The largest absolute Gasteiger partial charge is 0.480 e. The second kappa shape index (κ2) is 5.01. The fraction of sp³-hybridized carbons (Fsp3) is 0.250. The minimum atomic E-state index is -3.89. The zero-order chi connectivity index (χ0) is 12.2. The normalized spacial score (nSPS) is 13.3. The molecule has 0 aliphatic rings. The number of hydrogen-bond acceptors (Lipinski definition) is 5. The maximum absolute atomic E-state index is 11.6. The number of carboxylic acids is 1. The van der Waals surface area contributed by atoms with Gasteiger partial charge in [-0.05, 0) is 12.1 Å². The average Bonchev–Trinajstić information content (AvgIpc) is 2.27. The summed E-state index contributed by atoms with van der Waals surface area (Å²) in [7, 11) is -3.89. The number of aliphatic carboxylic acids is 1. The van der Waals surface area contributed by atoms with E-state index in [1.165, 1.54) is 18.3 Å². The van der Waals surface area contributed by atoms with Crippen LogP contribution in [0.5, 0.6) is 0 Å². The number of hydrogen-bond donors (Lipinski definition) is 3. The van der Waals surface area contributed by atoms with Crippen molar-refractivity contribution in [3.05, 3.63) is 24.5 Å². The summed E-state index contributed by atoms with van der Waals surface area (Å²) < 4.78 is 25.2. The molecule has 1 aromatic heterocycles. The number of aromatic nitrogens is 1. The molecule has 1 atom stereocenters. The molecule has 0 saturated carbocycles. The standard InChI is InChI=1S/C8H11N3O4S/c9-4-7(8(12)13)11-16(14,15)6-2-1-3-10-5-6/h1-3,5,7,11H,4,9H2,(H,12,13)/t7-/m0/s1. The smallest absolute Gasteiger partial charge is 0.323 e. The third-order valence-corrected chi connectivity index (χ3v) is 3.23. The van der Waals surface area contributed by atoms with Crippen LogP contribution in [-0.4, -0.2) is 37.1 Å². The zero-order valence-corrected chi connectivity index (χ0v) is 9.02. The monoisotopic (exact) mass is 245 g/mol. The maximum Gasteiger partial charge on any atom is 0.323 e. The van der Waals surface area contributed by atoms with Crippen LogP contribution >= 0.6 is 0 Å². The van der Waals surface area contributed by atoms with Crippen LogP contribution in [0.15, 0.2) is 29.4 Å². The van der Waals surface area contributed by atoms with Crippen LogP contribution in [0, 0.1) is 0 Å². The second-order valence-electron chi connectivity index (χ2n) is 2.94. The summed E-state index contributed by atoms with van der Waals surface area (Å²) in [5.74, 6) is -1.32. The lowest BCUT2D eigenvalue weighted by Gasteiger charge is -2.12. The fourth-order valence-electron chi connectivity index (χ4n) is 0.961. The molecule has 0 aliphatic carbocycles. The summed E-state index contributed by atoms with van der Waals surface area (Å²) in [5, 5.41) is 8.66. The van der Waals surface area contributed by atoms with E-state index in [-0.39, 0.29) is 11.4 Å². The molecular formula is C8H11N3O4S. The van der Waals surface area contributed by atoms with Crippen LogP contribution in [0.2, 0.25) is 0 Å². The molecule has 7 nitrogen and oxygen atoms in total. The molecular weight excluding hydrogens is 234 g/mol. The topological polar surface area (TPSA) is 122 Å². The lowest BCUT2D eigenvalue weighted by molar-refractivity contribution is -0.138. The highest BCUT2D eigenvalue weighted by Crippen LogP contribution is 2.05. The van der Waals surface area contributed by atoms with Crippen LogP contribution in [0.4, 0.5) is 0 Å². The molecule has 1 rings (SSSR count). The first-order valence-corrected chi connectivity index (χ1v) is 5.81. The predicted molar refractivity (Wildman–Crippen MR) is 55.0 cm³/mol. The van der Waals surface area contributed by atoms with Crippen LogP contribution in [-0.2, 0) is 14.8 Å². The van der Waals surface area contributed by atoms with Gasteiger partial charge in [-0.1, -0.05) is 0 Å². The molecule has 16 heavy (non-hydrogen) atoms. The molecule has 0 unspecified atom stereocenters. The lowest BCUT2D eigenvalue weighted by atomic mass is 10.3. The van der Waals surface area contributed by atoms with Gasteiger partial charge in [-0.25, -0.2) is 8.42 Å². The number of carboxylic acid groups (broad SMARTS) is 1. The van der Waals surface area contributed by atoms with E-state index in [0.717, 1.165) is 6.20 Å². The Bertz CT molecular complexity index is 459. The van der Waals surface area contributed by atoms with E-state index in [1.807, 2.05) is 4.72 Å². The van der Waals surface area contributed by atoms with Crippen molar-refractivity contribution in [1.29, 1.82) is 0 Å². The molecule has 0 aliphatic heterocycles. The molecule has 4 N–H and O–H groups in total. The Labute approximate surface area is 92.4 Å². The molecule has 8 heteroatoms. The fourth-order valence-corrected chi connectivity index (χ4v) is 2.13. The zero-order valence-electron chi connectivity index (χ0n) is 8.20. The van der Waals surface area contributed by atoms with Gasteiger partial charge in [-0.15, -0.1) is 0 Å². The summed E-state index contributed by atoms with van der Waals surface area (Å²) in [4.78, 5) is 14.1. The van der Waals surface area contributed by atoms with Crippen LogP contribution in [0.3, 0.4) is 0 Å². The third kappa shape index (κ3) is 2.99. The van der Waals surface area contributed by atoms with E-state index in [4.69, 9.17) is 10.8 Å². The summed E-state index contributed by atoms with van der Waals surface area (Å²) in [6.07, 6.45) is 2.54. The highest BCUT2D eigenvalue weighted by Gasteiger charge is 2.23. The Morgan fingerprint density at radius 1 is 1.62 bits per heavy atom. The molecule has 1 aromatic rings. The van der Waals surface area contributed by atoms with Crippen molar-refractivity contribution in [2.24, 2.45) is 5.73 Å². The van der Waals surface area contributed by atoms with E-state index in [0.29, 0.717) is 0 Å². The first kappa shape index (κ1) is 12.6. The highest BCUT2D eigenvalue weighted by molar-refractivity contribution is 7.89. The number of pyridine rings is 1. The molecule has 1 heterocycles. The molecule has 0 bridgehead atoms. The summed E-state index contributed by atoms with van der Waals surface area (Å²) in [5.41, 5.74) is 5.14. The third-order valence-electron chi connectivity index (χ3n) is 1.78. The SMILES string of the molecule is NC[C@H](NS(=O)(=O)c1cccnc1)C(=O)O. The lowest BCUT2D eigenvalue weighted by Crippen LogP contribution is -2.45. The number of nitrogens with two attached hydrogens (primary N) is 1. The first-order valence-electron chi connectivity index (χ1n) is 4.32. The number of nitrogens with zero attached hydrogens (tertiary/aromatic N) is 1.